The molecule has 19 heavy (non-hydrogen) atoms. The largest absolute Gasteiger partial charge is 0.376 e. The quantitative estimate of drug-likeness (QED) is 0.601. The molecule has 1 aliphatic rings. The van der Waals surface area contributed by atoms with Gasteiger partial charge in [-0.05, 0) is 6.42 Å². The summed E-state index contributed by atoms with van der Waals surface area (Å²) < 4.78 is 0. The summed E-state index contributed by atoms with van der Waals surface area (Å²) in [5.41, 5.74) is 0.910. The summed E-state index contributed by atoms with van der Waals surface area (Å²) in [6.07, 6.45) is 4.38. The Labute approximate surface area is 113 Å². The average Bonchev–Trinajstić information content (AvgIpc) is 2.46. The van der Waals surface area contributed by atoms with E-state index in [1.165, 1.54) is 0 Å². The summed E-state index contributed by atoms with van der Waals surface area (Å²) in [5.74, 6) is -0.201. The number of carbonyl (C=O) groups excluding carboxylic acids is 2. The fourth-order valence-corrected chi connectivity index (χ4v) is 2.17. The maximum absolute atomic E-state index is 12.3. The van der Waals surface area contributed by atoms with Crippen LogP contribution < -0.4 is 0 Å². The van der Waals surface area contributed by atoms with Crippen LogP contribution in [0.3, 0.4) is 0 Å². The maximum atomic E-state index is 12.3. The lowest BCUT2D eigenvalue weighted by Gasteiger charge is -2.25. The standard InChI is InChI=1S/C16H19NO2/c1-2-3-10-17-11-9-15(18)14(12-17)16(19)13-7-5-4-6-8-13/h4-8,12H,2-3,9-11H2,1H3. The van der Waals surface area contributed by atoms with Crippen molar-refractivity contribution in [2.45, 2.75) is 26.2 Å². The molecule has 1 aromatic carbocycles. The topological polar surface area (TPSA) is 37.4 Å². The smallest absolute Gasteiger partial charge is 0.198 e. The van der Waals surface area contributed by atoms with Crippen molar-refractivity contribution >= 4 is 11.6 Å². The van der Waals surface area contributed by atoms with E-state index in [0.29, 0.717) is 17.6 Å². The molecule has 0 bridgehead atoms. The molecule has 1 heterocycles. The number of hydrogen-bond acceptors (Lipinski definition) is 3. The van der Waals surface area contributed by atoms with Gasteiger partial charge in [-0.2, -0.15) is 0 Å². The van der Waals surface area contributed by atoms with Gasteiger partial charge in [-0.1, -0.05) is 43.7 Å². The Morgan fingerprint density at radius 1 is 1.26 bits per heavy atom. The van der Waals surface area contributed by atoms with Crippen molar-refractivity contribution < 1.29 is 9.59 Å². The van der Waals surface area contributed by atoms with Gasteiger partial charge in [0.1, 0.15) is 0 Å². The van der Waals surface area contributed by atoms with Gasteiger partial charge in [0, 0.05) is 31.3 Å². The van der Waals surface area contributed by atoms with Crippen molar-refractivity contribution in [3.63, 3.8) is 0 Å². The van der Waals surface area contributed by atoms with Crippen LogP contribution in [0.1, 0.15) is 36.5 Å². The molecule has 100 valence electrons. The normalized spacial score (nSPS) is 15.3. The molecular formula is C16H19NO2. The van der Waals surface area contributed by atoms with Crippen molar-refractivity contribution in [1.29, 1.82) is 0 Å². The molecule has 0 radical (unpaired) electrons. The molecule has 0 aliphatic carbocycles. The highest BCUT2D eigenvalue weighted by molar-refractivity contribution is 6.26. The molecule has 0 saturated carbocycles. The Bertz CT molecular complexity index is 491. The van der Waals surface area contributed by atoms with E-state index in [-0.39, 0.29) is 11.6 Å². The van der Waals surface area contributed by atoms with E-state index < -0.39 is 0 Å². The highest BCUT2D eigenvalue weighted by atomic mass is 16.1. The van der Waals surface area contributed by atoms with Crippen LogP contribution in [-0.2, 0) is 4.79 Å². The van der Waals surface area contributed by atoms with Gasteiger partial charge in [-0.15, -0.1) is 0 Å². The minimum atomic E-state index is -0.160. The van der Waals surface area contributed by atoms with Crippen molar-refractivity contribution in [1.82, 2.24) is 4.90 Å². The second-order valence-corrected chi connectivity index (χ2v) is 4.80. The molecule has 1 aliphatic heterocycles. The van der Waals surface area contributed by atoms with Gasteiger partial charge in [0.15, 0.2) is 11.6 Å². The Morgan fingerprint density at radius 3 is 2.68 bits per heavy atom. The van der Waals surface area contributed by atoms with Crippen LogP contribution in [0.4, 0.5) is 0 Å². The van der Waals surface area contributed by atoms with Crippen LogP contribution in [0.2, 0.25) is 0 Å². The summed E-state index contributed by atoms with van der Waals surface area (Å²) in [5, 5.41) is 0. The van der Waals surface area contributed by atoms with E-state index in [4.69, 9.17) is 0 Å². The molecule has 0 fully saturated rings. The van der Waals surface area contributed by atoms with Gasteiger partial charge in [-0.3, -0.25) is 9.59 Å². The molecule has 0 spiro atoms. The summed E-state index contributed by atoms with van der Waals surface area (Å²) >= 11 is 0. The number of unbranched alkanes of at least 4 members (excludes halogenated alkanes) is 1. The van der Waals surface area contributed by atoms with Gasteiger partial charge in [0.25, 0.3) is 0 Å². The van der Waals surface area contributed by atoms with Gasteiger partial charge < -0.3 is 4.90 Å². The summed E-state index contributed by atoms with van der Waals surface area (Å²) in [6.45, 7) is 3.77. The highest BCUT2D eigenvalue weighted by Gasteiger charge is 2.24. The number of rotatable bonds is 5. The third-order valence-electron chi connectivity index (χ3n) is 3.32. The first kappa shape index (κ1) is 13.5. The van der Waals surface area contributed by atoms with Gasteiger partial charge in [0.2, 0.25) is 0 Å². The van der Waals surface area contributed by atoms with E-state index in [1.54, 1.807) is 18.3 Å². The van der Waals surface area contributed by atoms with E-state index >= 15 is 0 Å². The molecule has 0 saturated heterocycles. The van der Waals surface area contributed by atoms with Crippen LogP contribution in [0, 0.1) is 0 Å². The van der Waals surface area contributed by atoms with Crippen molar-refractivity contribution in [3.8, 4) is 0 Å². The minimum absolute atomic E-state index is 0.0402. The maximum Gasteiger partial charge on any atom is 0.198 e. The zero-order chi connectivity index (χ0) is 13.7. The number of Topliss-reactive ketones (excluding diaryl/α,β-unsaturated/α-hetero) is 2. The Hall–Kier alpha value is -1.90. The van der Waals surface area contributed by atoms with Gasteiger partial charge >= 0.3 is 0 Å². The van der Waals surface area contributed by atoms with Crippen LogP contribution in [0.5, 0.6) is 0 Å². The molecule has 0 atom stereocenters. The molecular weight excluding hydrogens is 238 g/mol. The van der Waals surface area contributed by atoms with Crippen molar-refractivity contribution in [2.24, 2.45) is 0 Å². The van der Waals surface area contributed by atoms with Crippen LogP contribution in [-0.4, -0.2) is 29.6 Å². The number of nitrogens with zero attached hydrogens (tertiary/aromatic N) is 1. The number of ketones is 2. The molecule has 0 aromatic heterocycles. The third-order valence-corrected chi connectivity index (χ3v) is 3.32. The summed E-state index contributed by atoms with van der Waals surface area (Å²) in [6, 6.07) is 9.00. The Morgan fingerprint density at radius 2 is 2.00 bits per heavy atom. The monoisotopic (exact) mass is 257 g/mol. The van der Waals surface area contributed by atoms with Gasteiger partial charge in [-0.25, -0.2) is 0 Å². The number of benzene rings is 1. The summed E-state index contributed by atoms with van der Waals surface area (Å²) in [4.78, 5) is 26.3. The molecule has 2 rings (SSSR count). The molecule has 1 aromatic rings. The lowest BCUT2D eigenvalue weighted by molar-refractivity contribution is -0.116. The van der Waals surface area contributed by atoms with E-state index in [9.17, 15) is 9.59 Å². The predicted molar refractivity (Wildman–Crippen MR) is 75.0 cm³/mol. The zero-order valence-electron chi connectivity index (χ0n) is 11.3. The molecule has 3 nitrogen and oxygen atoms in total. The first-order valence-corrected chi connectivity index (χ1v) is 6.81. The molecule has 3 heteroatoms. The summed E-state index contributed by atoms with van der Waals surface area (Å²) in [7, 11) is 0. The Balaban J connectivity index is 2.18. The van der Waals surface area contributed by atoms with E-state index in [2.05, 4.69) is 11.8 Å². The molecule has 0 amide bonds. The first-order valence-electron chi connectivity index (χ1n) is 6.81. The van der Waals surface area contributed by atoms with Gasteiger partial charge in [0.05, 0.1) is 5.57 Å². The van der Waals surface area contributed by atoms with Crippen LogP contribution in [0.25, 0.3) is 0 Å². The highest BCUT2D eigenvalue weighted by Crippen LogP contribution is 2.17. The molecule has 0 unspecified atom stereocenters. The second-order valence-electron chi connectivity index (χ2n) is 4.80. The number of allylic oxidation sites excluding steroid dienone is 1. The fraction of sp³-hybridized carbons (Fsp3) is 0.375. The lowest BCUT2D eigenvalue weighted by atomic mass is 9.96. The SMILES string of the molecule is CCCCN1C=C(C(=O)c2ccccc2)C(=O)CC1. The van der Waals surface area contributed by atoms with Crippen molar-refractivity contribution in [2.75, 3.05) is 13.1 Å². The van der Waals surface area contributed by atoms with Crippen LogP contribution >= 0.6 is 0 Å². The third kappa shape index (κ3) is 3.31. The first-order chi connectivity index (χ1) is 9.22. The van der Waals surface area contributed by atoms with E-state index in [1.807, 2.05) is 18.2 Å². The minimum Gasteiger partial charge on any atom is -0.376 e. The number of hydrogen-bond donors (Lipinski definition) is 0. The van der Waals surface area contributed by atoms with Crippen LogP contribution in [0.15, 0.2) is 42.1 Å². The Kier molecular flexibility index (Phi) is 4.50. The molecule has 0 N–H and O–H groups in total. The predicted octanol–water partition coefficient (Wildman–Crippen LogP) is 2.83. The van der Waals surface area contributed by atoms with E-state index in [0.717, 1.165) is 25.9 Å². The lowest BCUT2D eigenvalue weighted by Crippen LogP contribution is -2.31. The zero-order valence-corrected chi connectivity index (χ0v) is 11.3. The average molecular weight is 257 g/mol. The second kappa shape index (κ2) is 6.32. The number of carbonyl (C=O) groups is 2. The van der Waals surface area contributed by atoms with Crippen molar-refractivity contribution in [3.05, 3.63) is 47.7 Å². The fourth-order valence-electron chi connectivity index (χ4n) is 2.17.